The Hall–Kier alpha value is -1.38. The van der Waals surface area contributed by atoms with Crippen molar-refractivity contribution in [1.82, 2.24) is 10.2 Å². The lowest BCUT2D eigenvalue weighted by atomic mass is 10.0. The van der Waals surface area contributed by atoms with Crippen LogP contribution in [0, 0.1) is 0 Å². The molecule has 1 aliphatic rings. The summed E-state index contributed by atoms with van der Waals surface area (Å²) in [6.45, 7) is 6.87. The van der Waals surface area contributed by atoms with Crippen molar-refractivity contribution in [2.75, 3.05) is 19.6 Å². The van der Waals surface area contributed by atoms with Gasteiger partial charge in [-0.3, -0.25) is 4.90 Å². The summed E-state index contributed by atoms with van der Waals surface area (Å²) in [6.07, 6.45) is 3.86. The number of hydrogen-bond donors (Lipinski definition) is 1. The lowest BCUT2D eigenvalue weighted by Gasteiger charge is -2.34. The zero-order valence-electron chi connectivity index (χ0n) is 13.0. The average molecular weight is 282 g/mol. The zero-order chi connectivity index (χ0) is 14.5. The molecule has 3 rings (SSSR count). The molecule has 2 aromatic carbocycles. The molecule has 0 spiro atoms. The molecular weight excluding hydrogens is 256 g/mol. The highest BCUT2D eigenvalue weighted by molar-refractivity contribution is 5.85. The van der Waals surface area contributed by atoms with Crippen molar-refractivity contribution in [3.63, 3.8) is 0 Å². The van der Waals surface area contributed by atoms with Crippen molar-refractivity contribution in [1.29, 1.82) is 0 Å². The van der Waals surface area contributed by atoms with Crippen LogP contribution in [0.2, 0.25) is 0 Å². The highest BCUT2D eigenvalue weighted by atomic mass is 15.2. The smallest absolute Gasteiger partial charge is 0.0243 e. The van der Waals surface area contributed by atoms with E-state index in [-0.39, 0.29) is 0 Å². The van der Waals surface area contributed by atoms with Crippen molar-refractivity contribution in [2.45, 2.75) is 38.8 Å². The molecule has 0 aliphatic carbocycles. The topological polar surface area (TPSA) is 15.3 Å². The predicted octanol–water partition coefficient (Wildman–Crippen LogP) is 3.80. The van der Waals surface area contributed by atoms with Crippen LogP contribution in [0.15, 0.2) is 42.5 Å². The Morgan fingerprint density at radius 3 is 2.81 bits per heavy atom. The molecule has 1 unspecified atom stereocenters. The molecule has 2 heteroatoms. The van der Waals surface area contributed by atoms with E-state index < -0.39 is 0 Å². The Bertz CT molecular complexity index is 567. The summed E-state index contributed by atoms with van der Waals surface area (Å²) in [5.41, 5.74) is 1.46. The van der Waals surface area contributed by atoms with E-state index in [1.807, 2.05) is 0 Å². The van der Waals surface area contributed by atoms with Gasteiger partial charge in [0.25, 0.3) is 0 Å². The van der Waals surface area contributed by atoms with Gasteiger partial charge in [-0.2, -0.15) is 0 Å². The van der Waals surface area contributed by atoms with E-state index in [1.54, 1.807) is 0 Å². The average Bonchev–Trinajstić information content (AvgIpc) is 2.55. The molecule has 1 atom stereocenters. The lowest BCUT2D eigenvalue weighted by Crippen LogP contribution is -2.45. The fourth-order valence-corrected chi connectivity index (χ4v) is 3.47. The van der Waals surface area contributed by atoms with Crippen LogP contribution in [-0.4, -0.2) is 30.6 Å². The first-order chi connectivity index (χ1) is 10.4. The Morgan fingerprint density at radius 2 is 2.00 bits per heavy atom. The zero-order valence-corrected chi connectivity index (χ0v) is 13.0. The van der Waals surface area contributed by atoms with Crippen molar-refractivity contribution in [3.05, 3.63) is 48.0 Å². The summed E-state index contributed by atoms with van der Waals surface area (Å²) >= 11 is 0. The molecule has 1 fully saturated rings. The minimum absolute atomic E-state index is 0.692. The minimum atomic E-state index is 0.692. The predicted molar refractivity (Wildman–Crippen MR) is 90.5 cm³/mol. The quantitative estimate of drug-likeness (QED) is 0.897. The van der Waals surface area contributed by atoms with Crippen molar-refractivity contribution >= 4 is 10.8 Å². The van der Waals surface area contributed by atoms with Crippen molar-refractivity contribution in [2.24, 2.45) is 0 Å². The Morgan fingerprint density at radius 1 is 1.14 bits per heavy atom. The number of piperidine rings is 1. The van der Waals surface area contributed by atoms with Gasteiger partial charge in [0.05, 0.1) is 0 Å². The van der Waals surface area contributed by atoms with E-state index in [9.17, 15) is 0 Å². The Balaban J connectivity index is 1.83. The van der Waals surface area contributed by atoms with E-state index in [0.717, 1.165) is 13.1 Å². The molecule has 1 aliphatic heterocycles. The van der Waals surface area contributed by atoms with Crippen LogP contribution in [0.4, 0.5) is 0 Å². The summed E-state index contributed by atoms with van der Waals surface area (Å²) < 4.78 is 0. The summed E-state index contributed by atoms with van der Waals surface area (Å²) in [4.78, 5) is 2.67. The van der Waals surface area contributed by atoms with Gasteiger partial charge in [0.15, 0.2) is 0 Å². The normalized spacial score (nSPS) is 19.2. The summed E-state index contributed by atoms with van der Waals surface area (Å²) in [5.74, 6) is 0. The molecule has 112 valence electrons. The van der Waals surface area contributed by atoms with E-state index in [1.165, 1.54) is 48.7 Å². The maximum Gasteiger partial charge on any atom is 0.0243 e. The number of fused-ring (bicyclic) bond motifs is 1. The summed E-state index contributed by atoms with van der Waals surface area (Å²) in [6, 6.07) is 16.1. The molecule has 1 heterocycles. The monoisotopic (exact) mass is 282 g/mol. The second kappa shape index (κ2) is 7.06. The van der Waals surface area contributed by atoms with E-state index in [2.05, 4.69) is 59.6 Å². The molecule has 0 saturated carbocycles. The van der Waals surface area contributed by atoms with Gasteiger partial charge in [0.2, 0.25) is 0 Å². The van der Waals surface area contributed by atoms with Gasteiger partial charge < -0.3 is 5.32 Å². The largest absolute Gasteiger partial charge is 0.315 e. The molecular formula is C19H26N2. The van der Waals surface area contributed by atoms with Gasteiger partial charge in [0.1, 0.15) is 0 Å². The number of benzene rings is 2. The van der Waals surface area contributed by atoms with Crippen molar-refractivity contribution in [3.8, 4) is 0 Å². The fourth-order valence-electron chi connectivity index (χ4n) is 3.47. The van der Waals surface area contributed by atoms with Crippen LogP contribution in [-0.2, 0) is 6.54 Å². The molecule has 1 saturated heterocycles. The molecule has 21 heavy (non-hydrogen) atoms. The van der Waals surface area contributed by atoms with E-state index in [0.29, 0.717) is 6.04 Å². The van der Waals surface area contributed by atoms with E-state index in [4.69, 9.17) is 0 Å². The molecule has 2 nitrogen and oxygen atoms in total. The van der Waals surface area contributed by atoms with Gasteiger partial charge in [-0.1, -0.05) is 49.4 Å². The molecule has 1 N–H and O–H groups in total. The second-order valence-electron chi connectivity index (χ2n) is 6.11. The minimum Gasteiger partial charge on any atom is -0.315 e. The first-order valence-electron chi connectivity index (χ1n) is 8.30. The molecule has 0 aromatic heterocycles. The van der Waals surface area contributed by atoms with Crippen LogP contribution >= 0.6 is 0 Å². The molecule has 0 amide bonds. The maximum atomic E-state index is 3.55. The van der Waals surface area contributed by atoms with Gasteiger partial charge in [-0.15, -0.1) is 0 Å². The van der Waals surface area contributed by atoms with Crippen LogP contribution < -0.4 is 5.32 Å². The number of hydrogen-bond acceptors (Lipinski definition) is 2. The first kappa shape index (κ1) is 14.6. The fraction of sp³-hybridized carbons (Fsp3) is 0.474. The second-order valence-corrected chi connectivity index (χ2v) is 6.11. The van der Waals surface area contributed by atoms with Gasteiger partial charge in [0, 0.05) is 19.1 Å². The van der Waals surface area contributed by atoms with Gasteiger partial charge >= 0.3 is 0 Å². The van der Waals surface area contributed by atoms with Crippen LogP contribution in [0.3, 0.4) is 0 Å². The van der Waals surface area contributed by atoms with Gasteiger partial charge in [-0.25, -0.2) is 0 Å². The van der Waals surface area contributed by atoms with E-state index >= 15 is 0 Å². The Kier molecular flexibility index (Phi) is 4.89. The highest BCUT2D eigenvalue weighted by Gasteiger charge is 2.20. The highest BCUT2D eigenvalue weighted by Crippen LogP contribution is 2.22. The third kappa shape index (κ3) is 3.45. The van der Waals surface area contributed by atoms with Crippen molar-refractivity contribution < 1.29 is 0 Å². The van der Waals surface area contributed by atoms with Crippen LogP contribution in [0.25, 0.3) is 10.8 Å². The SMILES string of the molecule is CCCN(Cc1cccc2ccccc12)C1CCCNC1. The summed E-state index contributed by atoms with van der Waals surface area (Å²) in [5, 5.41) is 6.32. The van der Waals surface area contributed by atoms with Crippen LogP contribution in [0.5, 0.6) is 0 Å². The number of rotatable bonds is 5. The molecule has 0 radical (unpaired) electrons. The Labute approximate surface area is 128 Å². The lowest BCUT2D eigenvalue weighted by molar-refractivity contribution is 0.158. The third-order valence-electron chi connectivity index (χ3n) is 4.55. The first-order valence-corrected chi connectivity index (χ1v) is 8.30. The number of nitrogens with one attached hydrogen (secondary N) is 1. The third-order valence-corrected chi connectivity index (χ3v) is 4.55. The van der Waals surface area contributed by atoms with Gasteiger partial charge in [-0.05, 0) is 48.7 Å². The summed E-state index contributed by atoms with van der Waals surface area (Å²) in [7, 11) is 0. The number of nitrogens with zero attached hydrogens (tertiary/aromatic N) is 1. The van der Waals surface area contributed by atoms with Crippen LogP contribution in [0.1, 0.15) is 31.7 Å². The maximum absolute atomic E-state index is 3.55. The molecule has 2 aromatic rings. The standard InChI is InChI=1S/C19H26N2/c1-2-13-21(18-10-6-12-20-14-18)15-17-9-5-8-16-7-3-4-11-19(16)17/h3-5,7-9,11,18,20H,2,6,10,12-15H2,1H3. The molecule has 0 bridgehead atoms.